The van der Waals surface area contributed by atoms with Crippen molar-refractivity contribution in [2.75, 3.05) is 0 Å². The zero-order chi connectivity index (χ0) is 18.3. The fourth-order valence-electron chi connectivity index (χ4n) is 2.65. The minimum absolute atomic E-state index is 0.128. The summed E-state index contributed by atoms with van der Waals surface area (Å²) in [5, 5.41) is 12.8. The van der Waals surface area contributed by atoms with Gasteiger partial charge in [0.25, 0.3) is 0 Å². The lowest BCUT2D eigenvalue weighted by Crippen LogP contribution is -2.50. The third-order valence-electron chi connectivity index (χ3n) is 4.26. The minimum Gasteiger partial charge on any atom is -0.480 e. The maximum absolute atomic E-state index is 11.7. The summed E-state index contributed by atoms with van der Waals surface area (Å²) in [5.41, 5.74) is -0.0290. The van der Waals surface area contributed by atoms with E-state index in [1.165, 1.54) is 0 Å². The van der Waals surface area contributed by atoms with Gasteiger partial charge in [-0.3, -0.25) is 10.1 Å². The zero-order valence-electron chi connectivity index (χ0n) is 15.0. The molecule has 0 amide bonds. The van der Waals surface area contributed by atoms with E-state index in [0.29, 0.717) is 12.3 Å². The van der Waals surface area contributed by atoms with Crippen LogP contribution in [0.15, 0.2) is 48.7 Å². The van der Waals surface area contributed by atoms with Gasteiger partial charge in [0.1, 0.15) is 11.3 Å². The van der Waals surface area contributed by atoms with E-state index < -0.39 is 11.5 Å². The van der Waals surface area contributed by atoms with Gasteiger partial charge in [-0.25, -0.2) is 4.98 Å². The minimum atomic E-state index is -0.950. The van der Waals surface area contributed by atoms with Gasteiger partial charge in [0.05, 0.1) is 0 Å². The number of rotatable bonds is 9. The number of ether oxygens (including phenoxy) is 1. The first-order valence-corrected chi connectivity index (χ1v) is 8.64. The van der Waals surface area contributed by atoms with Crippen LogP contribution in [0.3, 0.4) is 0 Å². The first kappa shape index (κ1) is 18.9. The third-order valence-corrected chi connectivity index (χ3v) is 4.26. The van der Waals surface area contributed by atoms with Crippen molar-refractivity contribution in [3.63, 3.8) is 0 Å². The molecular formula is C20H26N2O3. The summed E-state index contributed by atoms with van der Waals surface area (Å²) in [6.45, 7) is 5.74. The van der Waals surface area contributed by atoms with Crippen LogP contribution >= 0.6 is 0 Å². The van der Waals surface area contributed by atoms with Crippen LogP contribution in [0, 0.1) is 0 Å². The fourth-order valence-corrected chi connectivity index (χ4v) is 2.65. The first-order chi connectivity index (χ1) is 11.9. The van der Waals surface area contributed by atoms with E-state index in [9.17, 15) is 9.90 Å². The summed E-state index contributed by atoms with van der Waals surface area (Å²) in [6, 6.07) is 13.0. The smallest absolute Gasteiger partial charge is 0.323 e. The van der Waals surface area contributed by atoms with Crippen LogP contribution in [0.2, 0.25) is 0 Å². The molecular weight excluding hydrogens is 316 g/mol. The molecule has 134 valence electrons. The number of aliphatic carboxylic acids is 1. The largest absolute Gasteiger partial charge is 0.480 e. The average Bonchev–Trinajstić information content (AvgIpc) is 2.61. The Labute approximate surface area is 149 Å². The number of pyridine rings is 1. The summed E-state index contributed by atoms with van der Waals surface area (Å²) < 4.78 is 5.68. The van der Waals surface area contributed by atoms with E-state index in [2.05, 4.69) is 17.2 Å². The molecule has 1 aromatic heterocycles. The molecule has 0 aliphatic rings. The molecule has 2 N–H and O–H groups in total. The van der Waals surface area contributed by atoms with Gasteiger partial charge in [0.2, 0.25) is 5.88 Å². The van der Waals surface area contributed by atoms with Gasteiger partial charge in [0.15, 0.2) is 0 Å². The molecule has 0 aliphatic heterocycles. The normalized spacial score (nSPS) is 14.5. The summed E-state index contributed by atoms with van der Waals surface area (Å²) in [5.74, 6) is 0.408. The molecule has 1 unspecified atom stereocenters. The van der Waals surface area contributed by atoms with Crippen LogP contribution in [-0.4, -0.2) is 21.6 Å². The second-order valence-electron chi connectivity index (χ2n) is 6.45. The van der Waals surface area contributed by atoms with Gasteiger partial charge >= 0.3 is 5.97 Å². The van der Waals surface area contributed by atoms with E-state index in [4.69, 9.17) is 4.74 Å². The molecule has 2 rings (SSSR count). The van der Waals surface area contributed by atoms with Gasteiger partial charge in [-0.2, -0.15) is 0 Å². The van der Waals surface area contributed by atoms with E-state index in [0.717, 1.165) is 24.2 Å². The highest BCUT2D eigenvalue weighted by Gasteiger charge is 2.33. The molecule has 0 saturated heterocycles. The quantitative estimate of drug-likeness (QED) is 0.699. The number of nitrogens with zero attached hydrogens (tertiary/aromatic N) is 1. The Morgan fingerprint density at radius 3 is 2.56 bits per heavy atom. The highest BCUT2D eigenvalue weighted by atomic mass is 16.5. The SMILES string of the molecule is CCCCC(C)(N[C@@H](C)c1ccc(Oc2ccccc2)nc1)C(=O)O. The van der Waals surface area contributed by atoms with Gasteiger partial charge in [-0.05, 0) is 38.0 Å². The predicted molar refractivity (Wildman–Crippen MR) is 97.9 cm³/mol. The van der Waals surface area contributed by atoms with Crippen molar-refractivity contribution in [1.29, 1.82) is 0 Å². The highest BCUT2D eigenvalue weighted by molar-refractivity contribution is 5.78. The number of hydrogen-bond acceptors (Lipinski definition) is 4. The number of carboxylic acid groups (broad SMARTS) is 1. The number of hydrogen-bond donors (Lipinski definition) is 2. The average molecular weight is 342 g/mol. The third kappa shape index (κ3) is 5.29. The number of para-hydroxylation sites is 1. The summed E-state index contributed by atoms with van der Waals surface area (Å²) in [4.78, 5) is 16.0. The van der Waals surface area contributed by atoms with Crippen LogP contribution in [0.1, 0.15) is 51.6 Å². The lowest BCUT2D eigenvalue weighted by molar-refractivity contribution is -0.144. The van der Waals surface area contributed by atoms with Gasteiger partial charge in [-0.15, -0.1) is 0 Å². The van der Waals surface area contributed by atoms with Crippen LogP contribution < -0.4 is 10.1 Å². The molecule has 0 saturated carbocycles. The lowest BCUT2D eigenvalue weighted by Gasteiger charge is -2.30. The predicted octanol–water partition coefficient (Wildman–Crippen LogP) is 4.56. The lowest BCUT2D eigenvalue weighted by atomic mass is 9.93. The molecule has 5 heteroatoms. The van der Waals surface area contributed by atoms with Crippen LogP contribution in [0.5, 0.6) is 11.6 Å². The van der Waals surface area contributed by atoms with Crippen molar-refractivity contribution in [3.05, 3.63) is 54.2 Å². The highest BCUT2D eigenvalue weighted by Crippen LogP contribution is 2.23. The van der Waals surface area contributed by atoms with Crippen molar-refractivity contribution in [3.8, 4) is 11.6 Å². The molecule has 2 atom stereocenters. The van der Waals surface area contributed by atoms with Gasteiger partial charge in [0, 0.05) is 18.3 Å². The van der Waals surface area contributed by atoms with Crippen molar-refractivity contribution < 1.29 is 14.6 Å². The molecule has 1 aromatic carbocycles. The Hall–Kier alpha value is -2.40. The second kappa shape index (κ2) is 8.62. The standard InChI is InChI=1S/C20H26N2O3/c1-4-5-13-20(3,19(23)24)22-15(2)16-11-12-18(21-14-16)25-17-9-7-6-8-10-17/h6-12,14-15,22H,4-5,13H2,1-3H3,(H,23,24)/t15-,20?/m0/s1. The Kier molecular flexibility index (Phi) is 6.53. The second-order valence-corrected chi connectivity index (χ2v) is 6.45. The Balaban J connectivity index is 2.04. The molecule has 1 heterocycles. The number of nitrogens with one attached hydrogen (secondary N) is 1. The van der Waals surface area contributed by atoms with Crippen molar-refractivity contribution in [2.24, 2.45) is 0 Å². The number of carboxylic acids is 1. The van der Waals surface area contributed by atoms with E-state index >= 15 is 0 Å². The summed E-state index contributed by atoms with van der Waals surface area (Å²) >= 11 is 0. The summed E-state index contributed by atoms with van der Waals surface area (Å²) in [6.07, 6.45) is 4.14. The summed E-state index contributed by atoms with van der Waals surface area (Å²) in [7, 11) is 0. The maximum Gasteiger partial charge on any atom is 0.323 e. The van der Waals surface area contributed by atoms with E-state index in [1.807, 2.05) is 43.3 Å². The number of unbranched alkanes of at least 4 members (excludes halogenated alkanes) is 1. The van der Waals surface area contributed by atoms with Gasteiger partial charge in [-0.1, -0.05) is 44.0 Å². The molecule has 2 aromatic rings. The van der Waals surface area contributed by atoms with Crippen LogP contribution in [-0.2, 0) is 4.79 Å². The first-order valence-electron chi connectivity index (χ1n) is 8.64. The monoisotopic (exact) mass is 342 g/mol. The van der Waals surface area contributed by atoms with Crippen LogP contribution in [0.4, 0.5) is 0 Å². The van der Waals surface area contributed by atoms with E-state index in [-0.39, 0.29) is 6.04 Å². The molecule has 5 nitrogen and oxygen atoms in total. The molecule has 0 bridgehead atoms. The number of carbonyl (C=O) groups is 1. The van der Waals surface area contributed by atoms with Crippen molar-refractivity contribution in [2.45, 2.75) is 51.6 Å². The van der Waals surface area contributed by atoms with Crippen molar-refractivity contribution in [1.82, 2.24) is 10.3 Å². The molecule has 0 fully saturated rings. The maximum atomic E-state index is 11.7. The number of aromatic nitrogens is 1. The number of benzene rings is 1. The van der Waals surface area contributed by atoms with Crippen LogP contribution in [0.25, 0.3) is 0 Å². The Bertz CT molecular complexity index is 673. The van der Waals surface area contributed by atoms with Crippen molar-refractivity contribution >= 4 is 5.97 Å². The molecule has 0 aliphatic carbocycles. The van der Waals surface area contributed by atoms with E-state index in [1.54, 1.807) is 19.2 Å². The fraction of sp³-hybridized carbons (Fsp3) is 0.400. The van der Waals surface area contributed by atoms with Gasteiger partial charge < -0.3 is 9.84 Å². The molecule has 0 spiro atoms. The molecule has 0 radical (unpaired) electrons. The Morgan fingerprint density at radius 1 is 1.28 bits per heavy atom. The topological polar surface area (TPSA) is 71.5 Å². The zero-order valence-corrected chi connectivity index (χ0v) is 15.0. The molecule has 25 heavy (non-hydrogen) atoms. The Morgan fingerprint density at radius 2 is 2.00 bits per heavy atom.